The zero-order chi connectivity index (χ0) is 17.6. The number of thiophene rings is 1. The van der Waals surface area contributed by atoms with Gasteiger partial charge in [0.1, 0.15) is 0 Å². The van der Waals surface area contributed by atoms with Crippen molar-refractivity contribution in [3.63, 3.8) is 0 Å². The molecule has 4 nitrogen and oxygen atoms in total. The minimum atomic E-state index is 0.0267. The molecular weight excluding hydrogens is 447 g/mol. The fraction of sp³-hybridized carbons (Fsp3) is 0.421. The second kappa shape index (κ2) is 9.12. The number of carbonyl (C=O) groups excluding carboxylic acids is 1. The number of rotatable bonds is 7. The molecule has 1 fully saturated rings. The molecule has 6 heteroatoms. The molecule has 25 heavy (non-hydrogen) atoms. The van der Waals surface area contributed by atoms with E-state index in [1.807, 2.05) is 19.1 Å². The molecule has 1 N–H and O–H groups in total. The molecule has 1 aromatic carbocycles. The van der Waals surface area contributed by atoms with Crippen molar-refractivity contribution in [2.75, 3.05) is 25.0 Å². The van der Waals surface area contributed by atoms with Crippen LogP contribution in [0.5, 0.6) is 0 Å². The van der Waals surface area contributed by atoms with Gasteiger partial charge in [-0.3, -0.25) is 9.69 Å². The zero-order valence-electron chi connectivity index (χ0n) is 14.3. The number of benzene rings is 1. The number of halogens is 1. The van der Waals surface area contributed by atoms with Gasteiger partial charge in [-0.1, -0.05) is 6.07 Å². The number of carbonyl (C=O) groups is 1. The van der Waals surface area contributed by atoms with Crippen LogP contribution in [0.4, 0.5) is 5.69 Å². The Morgan fingerprint density at radius 2 is 2.32 bits per heavy atom. The van der Waals surface area contributed by atoms with Crippen molar-refractivity contribution < 1.29 is 9.53 Å². The summed E-state index contributed by atoms with van der Waals surface area (Å²) in [5, 5.41) is 5.13. The van der Waals surface area contributed by atoms with E-state index in [-0.39, 0.29) is 12.0 Å². The summed E-state index contributed by atoms with van der Waals surface area (Å²) in [6, 6.07) is 10.2. The van der Waals surface area contributed by atoms with Crippen LogP contribution in [0.15, 0.2) is 35.7 Å². The van der Waals surface area contributed by atoms with Crippen LogP contribution in [0, 0.1) is 10.5 Å². The van der Waals surface area contributed by atoms with Gasteiger partial charge in [-0.2, -0.15) is 0 Å². The van der Waals surface area contributed by atoms with Gasteiger partial charge in [0.15, 0.2) is 0 Å². The normalized spacial score (nSPS) is 17.2. The lowest BCUT2D eigenvalue weighted by molar-refractivity contribution is -0.117. The van der Waals surface area contributed by atoms with Crippen molar-refractivity contribution in [3.8, 4) is 0 Å². The maximum Gasteiger partial charge on any atom is 0.238 e. The largest absolute Gasteiger partial charge is 0.377 e. The third-order valence-electron chi connectivity index (χ3n) is 4.28. The zero-order valence-corrected chi connectivity index (χ0v) is 17.3. The van der Waals surface area contributed by atoms with Gasteiger partial charge in [0.25, 0.3) is 0 Å². The van der Waals surface area contributed by atoms with Crippen LogP contribution in [0.2, 0.25) is 0 Å². The van der Waals surface area contributed by atoms with Gasteiger partial charge in [-0.25, -0.2) is 0 Å². The fourth-order valence-corrected chi connectivity index (χ4v) is 4.44. The van der Waals surface area contributed by atoms with E-state index in [1.165, 1.54) is 8.45 Å². The minimum Gasteiger partial charge on any atom is -0.377 e. The molecule has 1 aromatic heterocycles. The molecule has 0 spiro atoms. The molecule has 2 heterocycles. The molecule has 1 saturated heterocycles. The lowest BCUT2D eigenvalue weighted by Crippen LogP contribution is -2.37. The predicted octanol–water partition coefficient (Wildman–Crippen LogP) is 4.28. The Morgan fingerprint density at radius 1 is 1.44 bits per heavy atom. The second-order valence-corrected chi connectivity index (χ2v) is 8.67. The number of hydrogen-bond acceptors (Lipinski definition) is 4. The highest BCUT2D eigenvalue weighted by Crippen LogP contribution is 2.19. The van der Waals surface area contributed by atoms with E-state index in [2.05, 4.69) is 56.4 Å². The number of anilines is 1. The van der Waals surface area contributed by atoms with Crippen LogP contribution in [-0.4, -0.2) is 36.6 Å². The summed E-state index contributed by atoms with van der Waals surface area (Å²) in [5.41, 5.74) is 1.97. The Labute approximate surface area is 166 Å². The van der Waals surface area contributed by atoms with Gasteiger partial charge in [0.2, 0.25) is 5.91 Å². The topological polar surface area (TPSA) is 41.6 Å². The SMILES string of the molecule is Cc1cc(I)ccc1NC(=O)CN(Cc1cccs1)C[C@@H]1CCCO1. The standard InChI is InChI=1S/C19H23IN2O2S/c1-14-10-15(20)6-7-18(14)21-19(23)13-22(11-16-4-2-8-24-16)12-17-5-3-9-25-17/h3,5-7,9-10,16H,2,4,8,11-13H2,1H3,(H,21,23)/t16-/m0/s1. The van der Waals surface area contributed by atoms with Crippen LogP contribution in [0.3, 0.4) is 0 Å². The number of hydrogen-bond donors (Lipinski definition) is 1. The van der Waals surface area contributed by atoms with E-state index in [9.17, 15) is 4.79 Å². The molecule has 1 atom stereocenters. The molecular formula is C19H23IN2O2S. The number of nitrogens with one attached hydrogen (secondary N) is 1. The van der Waals surface area contributed by atoms with Crippen molar-refractivity contribution in [2.45, 2.75) is 32.4 Å². The molecule has 0 aliphatic carbocycles. The van der Waals surface area contributed by atoms with Crippen LogP contribution < -0.4 is 5.32 Å². The van der Waals surface area contributed by atoms with Crippen molar-refractivity contribution >= 4 is 45.5 Å². The third-order valence-corrected chi connectivity index (χ3v) is 5.81. The van der Waals surface area contributed by atoms with E-state index < -0.39 is 0 Å². The van der Waals surface area contributed by atoms with Crippen molar-refractivity contribution in [3.05, 3.63) is 49.7 Å². The molecule has 134 valence electrons. The van der Waals surface area contributed by atoms with E-state index >= 15 is 0 Å². The average Bonchev–Trinajstić information content (AvgIpc) is 3.24. The summed E-state index contributed by atoms with van der Waals surface area (Å²) in [5.74, 6) is 0.0267. The van der Waals surface area contributed by atoms with Crippen molar-refractivity contribution in [2.24, 2.45) is 0 Å². The van der Waals surface area contributed by atoms with Gasteiger partial charge in [-0.05, 0) is 77.6 Å². The van der Waals surface area contributed by atoms with Crippen LogP contribution >= 0.6 is 33.9 Å². The highest BCUT2D eigenvalue weighted by Gasteiger charge is 2.21. The Bertz CT molecular complexity index is 699. The lowest BCUT2D eigenvalue weighted by atomic mass is 10.2. The monoisotopic (exact) mass is 470 g/mol. The van der Waals surface area contributed by atoms with Gasteiger partial charge in [0, 0.05) is 33.8 Å². The molecule has 3 rings (SSSR count). The smallest absolute Gasteiger partial charge is 0.238 e. The molecule has 1 aliphatic rings. The molecule has 2 aromatic rings. The molecule has 1 amide bonds. The molecule has 0 unspecified atom stereocenters. The van der Waals surface area contributed by atoms with Gasteiger partial charge in [-0.15, -0.1) is 11.3 Å². The summed E-state index contributed by atoms with van der Waals surface area (Å²) in [7, 11) is 0. The van der Waals surface area contributed by atoms with E-state index in [0.717, 1.165) is 43.8 Å². The maximum absolute atomic E-state index is 12.6. The molecule has 0 bridgehead atoms. The quantitative estimate of drug-likeness (QED) is 0.615. The van der Waals surface area contributed by atoms with Crippen molar-refractivity contribution in [1.29, 1.82) is 0 Å². The van der Waals surface area contributed by atoms with Gasteiger partial charge >= 0.3 is 0 Å². The van der Waals surface area contributed by atoms with Gasteiger partial charge in [0.05, 0.1) is 12.6 Å². The van der Waals surface area contributed by atoms with Crippen molar-refractivity contribution in [1.82, 2.24) is 4.90 Å². The number of aryl methyl sites for hydroxylation is 1. The Morgan fingerprint density at radius 3 is 3.00 bits per heavy atom. The first kappa shape index (κ1) is 18.8. The first-order valence-corrected chi connectivity index (χ1v) is 10.5. The average molecular weight is 470 g/mol. The summed E-state index contributed by atoms with van der Waals surface area (Å²) in [6.07, 6.45) is 2.44. The summed E-state index contributed by atoms with van der Waals surface area (Å²) in [4.78, 5) is 16.0. The summed E-state index contributed by atoms with van der Waals surface area (Å²) in [6.45, 7) is 4.83. The van der Waals surface area contributed by atoms with Crippen LogP contribution in [0.1, 0.15) is 23.3 Å². The molecule has 0 saturated carbocycles. The number of ether oxygens (including phenoxy) is 1. The van der Waals surface area contributed by atoms with E-state index in [4.69, 9.17) is 4.74 Å². The minimum absolute atomic E-state index is 0.0267. The van der Waals surface area contributed by atoms with E-state index in [0.29, 0.717) is 6.54 Å². The first-order chi connectivity index (χ1) is 12.1. The lowest BCUT2D eigenvalue weighted by Gasteiger charge is -2.24. The predicted molar refractivity (Wildman–Crippen MR) is 111 cm³/mol. The second-order valence-electron chi connectivity index (χ2n) is 6.39. The van der Waals surface area contributed by atoms with Gasteiger partial charge < -0.3 is 10.1 Å². The third kappa shape index (κ3) is 5.77. The molecule has 0 radical (unpaired) electrons. The molecule has 1 aliphatic heterocycles. The van der Waals surface area contributed by atoms with Crippen LogP contribution in [-0.2, 0) is 16.1 Å². The maximum atomic E-state index is 12.6. The number of amides is 1. The Kier molecular flexibility index (Phi) is 6.86. The highest BCUT2D eigenvalue weighted by atomic mass is 127. The fourth-order valence-electron chi connectivity index (χ4n) is 3.04. The Hall–Kier alpha value is -0.960. The highest BCUT2D eigenvalue weighted by molar-refractivity contribution is 14.1. The first-order valence-electron chi connectivity index (χ1n) is 8.52. The Balaban J connectivity index is 1.62. The summed E-state index contributed by atoms with van der Waals surface area (Å²) < 4.78 is 6.94. The van der Waals surface area contributed by atoms with E-state index in [1.54, 1.807) is 11.3 Å². The number of nitrogens with zero attached hydrogens (tertiary/aromatic N) is 1. The summed E-state index contributed by atoms with van der Waals surface area (Å²) >= 11 is 4.01. The van der Waals surface area contributed by atoms with Crippen LogP contribution in [0.25, 0.3) is 0 Å².